The highest BCUT2D eigenvalue weighted by molar-refractivity contribution is 9.10. The number of benzene rings is 1. The van der Waals surface area contributed by atoms with Crippen molar-refractivity contribution >= 4 is 27.3 Å². The number of nitrogens with zero attached hydrogens (tertiary/aromatic N) is 1. The highest BCUT2D eigenvalue weighted by atomic mass is 79.9. The molecular weight excluding hydrogens is 266 g/mol. The van der Waals surface area contributed by atoms with Gasteiger partial charge in [0.2, 0.25) is 0 Å². The molecular formula is C12H20BrN3. The third-order valence-corrected chi connectivity index (χ3v) is 3.15. The van der Waals surface area contributed by atoms with Crippen LogP contribution in [-0.4, -0.2) is 31.1 Å². The lowest BCUT2D eigenvalue weighted by molar-refractivity contribution is 0.316. The number of nitrogens with two attached hydrogens (primary N) is 1. The van der Waals surface area contributed by atoms with E-state index >= 15 is 0 Å². The molecule has 0 aliphatic heterocycles. The molecule has 1 aromatic rings. The van der Waals surface area contributed by atoms with Gasteiger partial charge in [0.1, 0.15) is 0 Å². The van der Waals surface area contributed by atoms with Gasteiger partial charge in [0.25, 0.3) is 0 Å². The predicted molar refractivity (Wildman–Crippen MR) is 74.8 cm³/mol. The summed E-state index contributed by atoms with van der Waals surface area (Å²) in [5, 5.41) is 3.36. The average molecular weight is 286 g/mol. The van der Waals surface area contributed by atoms with E-state index in [0.717, 1.165) is 42.0 Å². The van der Waals surface area contributed by atoms with Gasteiger partial charge in [0.05, 0.1) is 11.4 Å². The highest BCUT2D eigenvalue weighted by Gasteiger charge is 2.01. The van der Waals surface area contributed by atoms with Gasteiger partial charge in [0, 0.05) is 17.6 Å². The molecule has 0 bridgehead atoms. The Morgan fingerprint density at radius 2 is 2.00 bits per heavy atom. The summed E-state index contributed by atoms with van der Waals surface area (Å²) in [6.07, 6.45) is 0. The van der Waals surface area contributed by atoms with Crippen molar-refractivity contribution in [2.75, 3.05) is 37.2 Å². The number of hydrogen-bond donors (Lipinski definition) is 2. The highest BCUT2D eigenvalue weighted by Crippen LogP contribution is 2.22. The molecule has 1 rings (SSSR count). The first-order chi connectivity index (χ1) is 7.67. The number of rotatable bonds is 6. The monoisotopic (exact) mass is 285 g/mol. The molecule has 0 amide bonds. The van der Waals surface area contributed by atoms with Crippen LogP contribution in [0.1, 0.15) is 13.8 Å². The van der Waals surface area contributed by atoms with E-state index in [1.165, 1.54) is 0 Å². The molecule has 90 valence electrons. The van der Waals surface area contributed by atoms with Crippen LogP contribution in [0.4, 0.5) is 11.4 Å². The van der Waals surface area contributed by atoms with Crippen LogP contribution < -0.4 is 11.1 Å². The summed E-state index contributed by atoms with van der Waals surface area (Å²) in [7, 11) is 0. The molecule has 0 fully saturated rings. The average Bonchev–Trinajstić information content (AvgIpc) is 2.29. The Morgan fingerprint density at radius 1 is 1.31 bits per heavy atom. The summed E-state index contributed by atoms with van der Waals surface area (Å²) in [6, 6.07) is 5.87. The van der Waals surface area contributed by atoms with Crippen LogP contribution in [0.25, 0.3) is 0 Å². The summed E-state index contributed by atoms with van der Waals surface area (Å²) in [4.78, 5) is 2.38. The number of nitrogens with one attached hydrogen (secondary N) is 1. The van der Waals surface area contributed by atoms with Gasteiger partial charge in [-0.1, -0.05) is 29.8 Å². The fraction of sp³-hybridized carbons (Fsp3) is 0.500. The Morgan fingerprint density at radius 3 is 2.62 bits per heavy atom. The zero-order valence-electron chi connectivity index (χ0n) is 9.96. The molecule has 3 nitrogen and oxygen atoms in total. The van der Waals surface area contributed by atoms with E-state index in [-0.39, 0.29) is 0 Å². The van der Waals surface area contributed by atoms with Gasteiger partial charge in [-0.3, -0.25) is 0 Å². The van der Waals surface area contributed by atoms with Crippen molar-refractivity contribution in [1.29, 1.82) is 0 Å². The molecule has 0 aliphatic carbocycles. The number of anilines is 2. The van der Waals surface area contributed by atoms with Gasteiger partial charge in [-0.05, 0) is 31.3 Å². The molecule has 0 saturated carbocycles. The van der Waals surface area contributed by atoms with Crippen molar-refractivity contribution in [2.45, 2.75) is 13.8 Å². The van der Waals surface area contributed by atoms with E-state index in [2.05, 4.69) is 40.0 Å². The van der Waals surface area contributed by atoms with Crippen LogP contribution in [0.5, 0.6) is 0 Å². The van der Waals surface area contributed by atoms with Crippen molar-refractivity contribution in [3.8, 4) is 0 Å². The van der Waals surface area contributed by atoms with E-state index in [1.807, 2.05) is 18.2 Å². The number of nitrogen functional groups attached to an aromatic ring is 1. The van der Waals surface area contributed by atoms with Gasteiger partial charge in [-0.25, -0.2) is 0 Å². The summed E-state index contributed by atoms with van der Waals surface area (Å²) in [6.45, 7) is 8.49. The normalized spacial score (nSPS) is 10.8. The Hall–Kier alpha value is -0.740. The Labute approximate surface area is 106 Å². The number of likely N-dealkylation sites (N-methyl/N-ethyl adjacent to an activating group) is 1. The summed E-state index contributed by atoms with van der Waals surface area (Å²) >= 11 is 3.44. The fourth-order valence-corrected chi connectivity index (χ4v) is 1.93. The summed E-state index contributed by atoms with van der Waals surface area (Å²) in [5.41, 5.74) is 7.67. The van der Waals surface area contributed by atoms with E-state index in [4.69, 9.17) is 5.73 Å². The largest absolute Gasteiger partial charge is 0.397 e. The van der Waals surface area contributed by atoms with Crippen LogP contribution in [0.3, 0.4) is 0 Å². The van der Waals surface area contributed by atoms with Crippen molar-refractivity contribution in [3.63, 3.8) is 0 Å². The molecule has 1 aromatic carbocycles. The molecule has 0 radical (unpaired) electrons. The SMILES string of the molecule is CCN(CC)CCNc1cc(Br)ccc1N. The third kappa shape index (κ3) is 4.02. The molecule has 0 aromatic heterocycles. The maximum Gasteiger partial charge on any atom is 0.0585 e. The lowest BCUT2D eigenvalue weighted by Crippen LogP contribution is -2.28. The molecule has 16 heavy (non-hydrogen) atoms. The van der Waals surface area contributed by atoms with Crippen molar-refractivity contribution in [3.05, 3.63) is 22.7 Å². The molecule has 0 unspecified atom stereocenters. The van der Waals surface area contributed by atoms with E-state index in [0.29, 0.717) is 0 Å². The Kier molecular flexibility index (Phi) is 5.63. The first-order valence-electron chi connectivity index (χ1n) is 5.68. The molecule has 0 aliphatic rings. The number of halogens is 1. The molecule has 4 heteroatoms. The second kappa shape index (κ2) is 6.76. The van der Waals surface area contributed by atoms with Crippen LogP contribution in [0.15, 0.2) is 22.7 Å². The van der Waals surface area contributed by atoms with E-state index in [1.54, 1.807) is 0 Å². The Balaban J connectivity index is 2.45. The maximum atomic E-state index is 5.87. The zero-order chi connectivity index (χ0) is 12.0. The van der Waals surface area contributed by atoms with Crippen LogP contribution in [0.2, 0.25) is 0 Å². The van der Waals surface area contributed by atoms with Crippen LogP contribution in [0, 0.1) is 0 Å². The lowest BCUT2D eigenvalue weighted by atomic mass is 10.2. The van der Waals surface area contributed by atoms with Gasteiger partial charge in [0.15, 0.2) is 0 Å². The van der Waals surface area contributed by atoms with Gasteiger partial charge in [-0.2, -0.15) is 0 Å². The zero-order valence-corrected chi connectivity index (χ0v) is 11.5. The summed E-state index contributed by atoms with van der Waals surface area (Å²) < 4.78 is 1.05. The van der Waals surface area contributed by atoms with Crippen LogP contribution in [-0.2, 0) is 0 Å². The smallest absolute Gasteiger partial charge is 0.0585 e. The van der Waals surface area contributed by atoms with Crippen LogP contribution >= 0.6 is 15.9 Å². The van der Waals surface area contributed by atoms with Gasteiger partial charge in [-0.15, -0.1) is 0 Å². The minimum atomic E-state index is 0.794. The standard InChI is InChI=1S/C12H20BrN3/c1-3-16(4-2)8-7-15-12-9-10(13)5-6-11(12)14/h5-6,9,15H,3-4,7-8,14H2,1-2H3. The predicted octanol–water partition coefficient (Wildman–Crippen LogP) is 2.79. The minimum absolute atomic E-state index is 0.794. The quantitative estimate of drug-likeness (QED) is 0.790. The van der Waals surface area contributed by atoms with Crippen molar-refractivity contribution in [2.24, 2.45) is 0 Å². The maximum absolute atomic E-state index is 5.87. The molecule has 0 heterocycles. The van der Waals surface area contributed by atoms with Crippen molar-refractivity contribution in [1.82, 2.24) is 4.90 Å². The lowest BCUT2D eigenvalue weighted by Gasteiger charge is -2.19. The second-order valence-corrected chi connectivity index (χ2v) is 4.60. The molecule has 3 N–H and O–H groups in total. The first kappa shape index (κ1) is 13.3. The second-order valence-electron chi connectivity index (χ2n) is 3.69. The molecule has 0 spiro atoms. The topological polar surface area (TPSA) is 41.3 Å². The molecule has 0 saturated heterocycles. The minimum Gasteiger partial charge on any atom is -0.397 e. The van der Waals surface area contributed by atoms with Gasteiger partial charge >= 0.3 is 0 Å². The first-order valence-corrected chi connectivity index (χ1v) is 6.48. The van der Waals surface area contributed by atoms with E-state index < -0.39 is 0 Å². The Bertz CT molecular complexity index is 324. The number of hydrogen-bond acceptors (Lipinski definition) is 3. The molecule has 0 atom stereocenters. The fourth-order valence-electron chi connectivity index (χ4n) is 1.57. The van der Waals surface area contributed by atoms with Crippen molar-refractivity contribution < 1.29 is 0 Å². The summed E-state index contributed by atoms with van der Waals surface area (Å²) in [5.74, 6) is 0. The third-order valence-electron chi connectivity index (χ3n) is 2.65. The van der Waals surface area contributed by atoms with E-state index in [9.17, 15) is 0 Å². The van der Waals surface area contributed by atoms with Gasteiger partial charge < -0.3 is 16.0 Å².